The van der Waals surface area contributed by atoms with Crippen LogP contribution in [0.3, 0.4) is 0 Å². The van der Waals surface area contributed by atoms with Gasteiger partial charge in [0.1, 0.15) is 17.4 Å². The van der Waals surface area contributed by atoms with Gasteiger partial charge in [-0.2, -0.15) is 0 Å². The maximum absolute atomic E-state index is 5.83. The molecule has 2 aliphatic rings. The van der Waals surface area contributed by atoms with E-state index in [1.54, 1.807) is 0 Å². The fourth-order valence-corrected chi connectivity index (χ4v) is 4.22. The van der Waals surface area contributed by atoms with Crippen LogP contribution in [-0.4, -0.2) is 56.8 Å². The summed E-state index contributed by atoms with van der Waals surface area (Å²) in [6.07, 6.45) is 5.11. The minimum Gasteiger partial charge on any atom is -0.491 e. The van der Waals surface area contributed by atoms with Crippen molar-refractivity contribution in [1.29, 1.82) is 0 Å². The van der Waals surface area contributed by atoms with Gasteiger partial charge in [0, 0.05) is 45.7 Å². The van der Waals surface area contributed by atoms with Gasteiger partial charge in [0.2, 0.25) is 0 Å². The van der Waals surface area contributed by atoms with E-state index in [9.17, 15) is 0 Å². The standard InChI is InChI=1S/C22H33N5O/c1-18(2)28-20-8-6-7-19(15-20)16-25-11-13-26(14-12-25)17-22-24-23-21-9-4-3-5-10-27(21)22/h6-8,15,18H,3-5,9-14,16-17H2,1-2H3. The predicted molar refractivity (Wildman–Crippen MR) is 110 cm³/mol. The third-order valence-corrected chi connectivity index (χ3v) is 5.69. The normalized spacial score (nSPS) is 18.8. The molecular formula is C22H33N5O. The van der Waals surface area contributed by atoms with Crippen LogP contribution in [0.4, 0.5) is 0 Å². The molecule has 6 nitrogen and oxygen atoms in total. The molecule has 1 saturated heterocycles. The molecule has 1 fully saturated rings. The van der Waals surface area contributed by atoms with Gasteiger partial charge in [-0.1, -0.05) is 18.6 Å². The second-order valence-electron chi connectivity index (χ2n) is 8.36. The Morgan fingerprint density at radius 2 is 1.71 bits per heavy atom. The van der Waals surface area contributed by atoms with Crippen molar-refractivity contribution in [2.24, 2.45) is 0 Å². The number of piperazine rings is 1. The van der Waals surface area contributed by atoms with Gasteiger partial charge in [0.25, 0.3) is 0 Å². The summed E-state index contributed by atoms with van der Waals surface area (Å²) in [7, 11) is 0. The summed E-state index contributed by atoms with van der Waals surface area (Å²) in [6.45, 7) is 11.5. The van der Waals surface area contributed by atoms with Gasteiger partial charge in [0.15, 0.2) is 0 Å². The lowest BCUT2D eigenvalue weighted by molar-refractivity contribution is 0.118. The fraction of sp³-hybridized carbons (Fsp3) is 0.636. The van der Waals surface area contributed by atoms with Crippen LogP contribution >= 0.6 is 0 Å². The van der Waals surface area contributed by atoms with Crippen molar-refractivity contribution in [3.8, 4) is 5.75 Å². The summed E-state index contributed by atoms with van der Waals surface area (Å²) in [6, 6.07) is 8.52. The van der Waals surface area contributed by atoms with Gasteiger partial charge in [-0.3, -0.25) is 9.80 Å². The zero-order chi connectivity index (χ0) is 19.3. The zero-order valence-corrected chi connectivity index (χ0v) is 17.3. The van der Waals surface area contributed by atoms with Gasteiger partial charge in [-0.05, 0) is 44.4 Å². The van der Waals surface area contributed by atoms with E-state index in [1.807, 2.05) is 6.07 Å². The smallest absolute Gasteiger partial charge is 0.147 e. The highest BCUT2D eigenvalue weighted by atomic mass is 16.5. The van der Waals surface area contributed by atoms with E-state index in [4.69, 9.17) is 4.74 Å². The molecule has 0 radical (unpaired) electrons. The Labute approximate surface area is 168 Å². The number of nitrogens with zero attached hydrogens (tertiary/aromatic N) is 5. The maximum atomic E-state index is 5.83. The zero-order valence-electron chi connectivity index (χ0n) is 17.3. The average Bonchev–Trinajstić information content (AvgIpc) is 2.89. The molecule has 0 unspecified atom stereocenters. The predicted octanol–water partition coefficient (Wildman–Crippen LogP) is 3.11. The van der Waals surface area contributed by atoms with Crippen molar-refractivity contribution in [2.75, 3.05) is 26.2 Å². The quantitative estimate of drug-likeness (QED) is 0.767. The topological polar surface area (TPSA) is 46.4 Å². The lowest BCUT2D eigenvalue weighted by Gasteiger charge is -2.34. The summed E-state index contributed by atoms with van der Waals surface area (Å²) in [5, 5.41) is 8.94. The van der Waals surface area contributed by atoms with Gasteiger partial charge in [-0.25, -0.2) is 0 Å². The van der Waals surface area contributed by atoms with Crippen LogP contribution in [0, 0.1) is 0 Å². The van der Waals surface area contributed by atoms with Crippen LogP contribution in [0.2, 0.25) is 0 Å². The van der Waals surface area contributed by atoms with Crippen LogP contribution in [0.25, 0.3) is 0 Å². The van der Waals surface area contributed by atoms with Crippen molar-refractivity contribution < 1.29 is 4.74 Å². The SMILES string of the molecule is CC(C)Oc1cccc(CN2CCN(Cc3nnc4n3CCCCC4)CC2)c1. The first-order valence-electron chi connectivity index (χ1n) is 10.8. The maximum Gasteiger partial charge on any atom is 0.147 e. The monoisotopic (exact) mass is 383 g/mol. The molecule has 4 rings (SSSR count). The van der Waals surface area contributed by atoms with Crippen molar-refractivity contribution in [3.05, 3.63) is 41.5 Å². The van der Waals surface area contributed by atoms with Crippen molar-refractivity contribution >= 4 is 0 Å². The third-order valence-electron chi connectivity index (χ3n) is 5.69. The third kappa shape index (κ3) is 4.92. The number of benzene rings is 1. The van der Waals surface area contributed by atoms with Gasteiger partial charge in [-0.15, -0.1) is 10.2 Å². The number of fused-ring (bicyclic) bond motifs is 1. The van der Waals surface area contributed by atoms with E-state index >= 15 is 0 Å². The van der Waals surface area contributed by atoms with E-state index in [2.05, 4.69) is 56.6 Å². The highest BCUT2D eigenvalue weighted by Gasteiger charge is 2.21. The lowest BCUT2D eigenvalue weighted by Crippen LogP contribution is -2.45. The Hall–Kier alpha value is -1.92. The molecule has 0 N–H and O–H groups in total. The minimum absolute atomic E-state index is 0.214. The number of aryl methyl sites for hydroxylation is 1. The Kier molecular flexibility index (Phi) is 6.27. The van der Waals surface area contributed by atoms with E-state index in [0.29, 0.717) is 0 Å². The summed E-state index contributed by atoms with van der Waals surface area (Å²) in [4.78, 5) is 5.06. The molecule has 152 valence electrons. The van der Waals surface area contributed by atoms with E-state index < -0.39 is 0 Å². The Bertz CT molecular complexity index is 764. The van der Waals surface area contributed by atoms with E-state index in [0.717, 1.165) is 63.8 Å². The number of hydrogen-bond donors (Lipinski definition) is 0. The Morgan fingerprint density at radius 1 is 0.929 bits per heavy atom. The Morgan fingerprint density at radius 3 is 2.50 bits per heavy atom. The highest BCUT2D eigenvalue weighted by molar-refractivity contribution is 5.28. The van der Waals surface area contributed by atoms with Gasteiger partial charge in [0.05, 0.1) is 12.6 Å². The number of ether oxygens (including phenoxy) is 1. The number of rotatable bonds is 6. The van der Waals surface area contributed by atoms with Crippen molar-refractivity contribution in [1.82, 2.24) is 24.6 Å². The van der Waals surface area contributed by atoms with Crippen LogP contribution in [-0.2, 0) is 26.1 Å². The summed E-state index contributed by atoms with van der Waals surface area (Å²) >= 11 is 0. The fourth-order valence-electron chi connectivity index (χ4n) is 4.22. The molecule has 2 aliphatic heterocycles. The molecule has 0 amide bonds. The largest absolute Gasteiger partial charge is 0.491 e. The molecule has 0 spiro atoms. The molecule has 0 bridgehead atoms. The number of aromatic nitrogens is 3. The molecule has 0 atom stereocenters. The summed E-state index contributed by atoms with van der Waals surface area (Å²) in [5.74, 6) is 3.32. The molecule has 1 aromatic carbocycles. The minimum atomic E-state index is 0.214. The first kappa shape index (κ1) is 19.4. The summed E-state index contributed by atoms with van der Waals surface area (Å²) in [5.41, 5.74) is 1.33. The van der Waals surface area contributed by atoms with Crippen molar-refractivity contribution in [3.63, 3.8) is 0 Å². The highest BCUT2D eigenvalue weighted by Crippen LogP contribution is 2.19. The molecule has 0 saturated carbocycles. The molecule has 0 aliphatic carbocycles. The van der Waals surface area contributed by atoms with Crippen LogP contribution < -0.4 is 4.74 Å². The van der Waals surface area contributed by atoms with Gasteiger partial charge < -0.3 is 9.30 Å². The second kappa shape index (κ2) is 9.05. The van der Waals surface area contributed by atoms with Crippen LogP contribution in [0.15, 0.2) is 24.3 Å². The second-order valence-corrected chi connectivity index (χ2v) is 8.36. The van der Waals surface area contributed by atoms with E-state index in [1.165, 1.54) is 30.7 Å². The lowest BCUT2D eigenvalue weighted by atomic mass is 10.2. The molecule has 28 heavy (non-hydrogen) atoms. The van der Waals surface area contributed by atoms with E-state index in [-0.39, 0.29) is 6.10 Å². The first-order chi connectivity index (χ1) is 13.7. The molecule has 2 aromatic rings. The summed E-state index contributed by atoms with van der Waals surface area (Å²) < 4.78 is 8.21. The van der Waals surface area contributed by atoms with Crippen LogP contribution in [0.5, 0.6) is 5.75 Å². The molecule has 6 heteroatoms. The van der Waals surface area contributed by atoms with Crippen LogP contribution in [0.1, 0.15) is 50.3 Å². The molecular weight excluding hydrogens is 350 g/mol. The first-order valence-corrected chi connectivity index (χ1v) is 10.8. The average molecular weight is 384 g/mol. The van der Waals surface area contributed by atoms with Gasteiger partial charge >= 0.3 is 0 Å². The van der Waals surface area contributed by atoms with Crippen molar-refractivity contribution in [2.45, 2.75) is 65.3 Å². The number of hydrogen-bond acceptors (Lipinski definition) is 5. The Balaban J connectivity index is 1.29. The molecule has 3 heterocycles. The molecule has 1 aromatic heterocycles.